The standard InChI is InChI=1S/C18H15N3O2/c1-2-4-13(5-3-1)10-18-22-12-17(23-18)21-16-7-9-20-15-6-8-19-11-14(15)16/h1-9,11-12,18H,10H2,(H,20,21). The predicted molar refractivity (Wildman–Crippen MR) is 87.3 cm³/mol. The van der Waals surface area contributed by atoms with E-state index in [2.05, 4.69) is 27.4 Å². The van der Waals surface area contributed by atoms with Crippen LogP contribution in [0, 0.1) is 0 Å². The van der Waals surface area contributed by atoms with Gasteiger partial charge in [-0.05, 0) is 17.7 Å². The first-order chi connectivity index (χ1) is 11.4. The fourth-order valence-corrected chi connectivity index (χ4v) is 2.52. The molecule has 0 saturated heterocycles. The summed E-state index contributed by atoms with van der Waals surface area (Å²) in [5, 5.41) is 4.17. The molecule has 2 aromatic heterocycles. The number of nitrogens with one attached hydrogen (secondary N) is 1. The van der Waals surface area contributed by atoms with Gasteiger partial charge >= 0.3 is 0 Å². The molecule has 1 aliphatic rings. The molecule has 0 aliphatic carbocycles. The van der Waals surface area contributed by atoms with Gasteiger partial charge in [0.05, 0.1) is 11.2 Å². The van der Waals surface area contributed by atoms with E-state index in [0.29, 0.717) is 12.3 Å². The minimum atomic E-state index is -0.314. The third-order valence-corrected chi connectivity index (χ3v) is 3.63. The summed E-state index contributed by atoms with van der Waals surface area (Å²) in [6, 6.07) is 13.9. The highest BCUT2D eigenvalue weighted by Gasteiger charge is 2.20. The van der Waals surface area contributed by atoms with E-state index in [-0.39, 0.29) is 6.29 Å². The number of anilines is 1. The van der Waals surface area contributed by atoms with Gasteiger partial charge in [-0.3, -0.25) is 9.97 Å². The summed E-state index contributed by atoms with van der Waals surface area (Å²) in [5.41, 5.74) is 2.94. The van der Waals surface area contributed by atoms with E-state index in [0.717, 1.165) is 16.6 Å². The fourth-order valence-electron chi connectivity index (χ4n) is 2.52. The number of fused-ring (bicyclic) bond motifs is 1. The Balaban J connectivity index is 1.46. The van der Waals surface area contributed by atoms with E-state index in [9.17, 15) is 0 Å². The highest BCUT2D eigenvalue weighted by atomic mass is 16.7. The van der Waals surface area contributed by atoms with Crippen molar-refractivity contribution in [1.82, 2.24) is 9.97 Å². The molecule has 23 heavy (non-hydrogen) atoms. The molecule has 5 heteroatoms. The molecule has 1 aliphatic heterocycles. The van der Waals surface area contributed by atoms with Crippen LogP contribution in [0.25, 0.3) is 10.9 Å². The largest absolute Gasteiger partial charge is 0.457 e. The minimum absolute atomic E-state index is 0.314. The molecular formula is C18H15N3O2. The van der Waals surface area contributed by atoms with Crippen LogP contribution in [-0.4, -0.2) is 16.3 Å². The summed E-state index contributed by atoms with van der Waals surface area (Å²) in [7, 11) is 0. The van der Waals surface area contributed by atoms with Gasteiger partial charge in [0.25, 0.3) is 0 Å². The lowest BCUT2D eigenvalue weighted by molar-refractivity contribution is -0.0285. The molecule has 1 atom stereocenters. The monoisotopic (exact) mass is 305 g/mol. The Kier molecular flexibility index (Phi) is 3.52. The molecule has 5 nitrogen and oxygen atoms in total. The van der Waals surface area contributed by atoms with E-state index in [1.165, 1.54) is 5.56 Å². The Morgan fingerprint density at radius 2 is 1.96 bits per heavy atom. The second-order valence-electron chi connectivity index (χ2n) is 5.23. The third-order valence-electron chi connectivity index (χ3n) is 3.63. The zero-order valence-corrected chi connectivity index (χ0v) is 12.3. The van der Waals surface area contributed by atoms with Crippen molar-refractivity contribution < 1.29 is 9.47 Å². The van der Waals surface area contributed by atoms with Gasteiger partial charge in [0.1, 0.15) is 6.26 Å². The van der Waals surface area contributed by atoms with E-state index in [4.69, 9.17) is 9.47 Å². The summed E-state index contributed by atoms with van der Waals surface area (Å²) in [6.07, 6.45) is 7.25. The van der Waals surface area contributed by atoms with Crippen LogP contribution in [0.1, 0.15) is 5.56 Å². The lowest BCUT2D eigenvalue weighted by Crippen LogP contribution is -2.14. The van der Waals surface area contributed by atoms with E-state index in [1.54, 1.807) is 24.9 Å². The molecule has 0 amide bonds. The Bertz CT molecular complexity index is 844. The maximum Gasteiger partial charge on any atom is 0.246 e. The minimum Gasteiger partial charge on any atom is -0.457 e. The number of ether oxygens (including phenoxy) is 2. The first-order valence-electron chi connectivity index (χ1n) is 7.40. The fraction of sp³-hybridized carbons (Fsp3) is 0.111. The van der Waals surface area contributed by atoms with Crippen LogP contribution >= 0.6 is 0 Å². The van der Waals surface area contributed by atoms with Crippen LogP contribution in [0.15, 0.2) is 73.2 Å². The van der Waals surface area contributed by atoms with Crippen molar-refractivity contribution >= 4 is 16.6 Å². The van der Waals surface area contributed by atoms with Gasteiger partial charge in [0, 0.05) is 30.4 Å². The highest BCUT2D eigenvalue weighted by Crippen LogP contribution is 2.25. The van der Waals surface area contributed by atoms with Crippen LogP contribution < -0.4 is 5.32 Å². The van der Waals surface area contributed by atoms with Crippen molar-refractivity contribution in [2.75, 3.05) is 5.32 Å². The van der Waals surface area contributed by atoms with E-state index < -0.39 is 0 Å². The highest BCUT2D eigenvalue weighted by molar-refractivity contribution is 5.90. The summed E-state index contributed by atoms with van der Waals surface area (Å²) in [6.45, 7) is 0. The number of nitrogens with zero attached hydrogens (tertiary/aromatic N) is 2. The molecule has 114 valence electrons. The van der Waals surface area contributed by atoms with Gasteiger partial charge < -0.3 is 14.8 Å². The van der Waals surface area contributed by atoms with Crippen molar-refractivity contribution in [3.8, 4) is 0 Å². The topological polar surface area (TPSA) is 56.3 Å². The van der Waals surface area contributed by atoms with Gasteiger partial charge in [-0.25, -0.2) is 0 Å². The van der Waals surface area contributed by atoms with E-state index >= 15 is 0 Å². The van der Waals surface area contributed by atoms with Crippen LogP contribution in [0.5, 0.6) is 0 Å². The Labute approximate surface area is 133 Å². The van der Waals surface area contributed by atoms with Gasteiger partial charge in [0.15, 0.2) is 0 Å². The number of benzene rings is 1. The second-order valence-corrected chi connectivity index (χ2v) is 5.23. The number of hydrogen-bond acceptors (Lipinski definition) is 5. The molecule has 1 aromatic carbocycles. The van der Waals surface area contributed by atoms with Crippen LogP contribution in [0.4, 0.5) is 5.69 Å². The van der Waals surface area contributed by atoms with Crippen molar-refractivity contribution in [3.05, 3.63) is 78.8 Å². The number of hydrogen-bond donors (Lipinski definition) is 1. The maximum atomic E-state index is 5.81. The van der Waals surface area contributed by atoms with Crippen molar-refractivity contribution in [1.29, 1.82) is 0 Å². The van der Waals surface area contributed by atoms with Crippen molar-refractivity contribution in [2.45, 2.75) is 12.7 Å². The molecule has 0 radical (unpaired) electrons. The molecule has 1 N–H and O–H groups in total. The van der Waals surface area contributed by atoms with Crippen molar-refractivity contribution in [2.24, 2.45) is 0 Å². The Morgan fingerprint density at radius 1 is 1.04 bits per heavy atom. The molecule has 0 spiro atoms. The number of rotatable bonds is 4. The molecule has 3 heterocycles. The van der Waals surface area contributed by atoms with Crippen LogP contribution in [-0.2, 0) is 15.9 Å². The summed E-state index contributed by atoms with van der Waals surface area (Å²) in [5.74, 6) is 0.585. The Hall–Kier alpha value is -3.08. The summed E-state index contributed by atoms with van der Waals surface area (Å²) in [4.78, 5) is 8.46. The van der Waals surface area contributed by atoms with Gasteiger partial charge in [-0.1, -0.05) is 30.3 Å². The van der Waals surface area contributed by atoms with Gasteiger partial charge in [-0.2, -0.15) is 0 Å². The zero-order chi connectivity index (χ0) is 15.5. The van der Waals surface area contributed by atoms with Gasteiger partial charge in [-0.15, -0.1) is 0 Å². The van der Waals surface area contributed by atoms with E-state index in [1.807, 2.05) is 30.3 Å². The average Bonchev–Trinajstić information content (AvgIpc) is 3.03. The number of pyridine rings is 2. The molecule has 1 unspecified atom stereocenters. The summed E-state index contributed by atoms with van der Waals surface area (Å²) >= 11 is 0. The quantitative estimate of drug-likeness (QED) is 0.800. The lowest BCUT2D eigenvalue weighted by atomic mass is 10.1. The second kappa shape index (κ2) is 5.96. The van der Waals surface area contributed by atoms with Crippen molar-refractivity contribution in [3.63, 3.8) is 0 Å². The zero-order valence-electron chi connectivity index (χ0n) is 12.3. The molecule has 4 rings (SSSR count). The smallest absolute Gasteiger partial charge is 0.246 e. The average molecular weight is 305 g/mol. The Morgan fingerprint density at radius 3 is 2.87 bits per heavy atom. The SMILES string of the molecule is C1=C(Nc2ccnc3ccncc23)OC(Cc2ccccc2)O1. The summed E-state index contributed by atoms with van der Waals surface area (Å²) < 4.78 is 11.4. The first-order valence-corrected chi connectivity index (χ1v) is 7.40. The van der Waals surface area contributed by atoms with Crippen LogP contribution in [0.2, 0.25) is 0 Å². The normalized spacial score (nSPS) is 16.5. The molecule has 0 bridgehead atoms. The maximum absolute atomic E-state index is 5.81. The number of aromatic nitrogens is 2. The van der Waals surface area contributed by atoms with Gasteiger partial charge in [0.2, 0.25) is 12.2 Å². The van der Waals surface area contributed by atoms with Crippen LogP contribution in [0.3, 0.4) is 0 Å². The molecule has 3 aromatic rings. The first kappa shape index (κ1) is 13.6. The molecule has 0 saturated carbocycles. The third kappa shape index (κ3) is 2.94. The predicted octanol–water partition coefficient (Wildman–Crippen LogP) is 3.46. The molecular weight excluding hydrogens is 290 g/mol. The molecule has 0 fully saturated rings. The lowest BCUT2D eigenvalue weighted by Gasteiger charge is -2.13.